The second-order valence-corrected chi connectivity index (χ2v) is 5.04. The predicted octanol–water partition coefficient (Wildman–Crippen LogP) is 2.94. The van der Waals surface area contributed by atoms with Crippen LogP contribution in [0.3, 0.4) is 0 Å². The predicted molar refractivity (Wildman–Crippen MR) is 77.1 cm³/mol. The van der Waals surface area contributed by atoms with E-state index in [0.717, 1.165) is 6.07 Å². The number of pyridine rings is 1. The highest BCUT2D eigenvalue weighted by Crippen LogP contribution is 2.32. The van der Waals surface area contributed by atoms with Crippen molar-refractivity contribution in [2.45, 2.75) is 19.9 Å². The molecule has 0 amide bonds. The molecule has 0 saturated heterocycles. The molecule has 1 N–H and O–H groups in total. The van der Waals surface area contributed by atoms with Crippen LogP contribution < -0.4 is 10.2 Å². The summed E-state index contributed by atoms with van der Waals surface area (Å²) in [4.78, 5) is 23.5. The van der Waals surface area contributed by atoms with Gasteiger partial charge < -0.3 is 14.4 Å². The van der Waals surface area contributed by atoms with Gasteiger partial charge in [0.05, 0.1) is 23.0 Å². The van der Waals surface area contributed by atoms with Crippen LogP contribution in [0.25, 0.3) is 10.9 Å². The van der Waals surface area contributed by atoms with Crippen molar-refractivity contribution in [3.63, 3.8) is 0 Å². The number of carbonyl (C=O) groups is 1. The van der Waals surface area contributed by atoms with Crippen LogP contribution in [0.5, 0.6) is 5.75 Å². The molecule has 1 heterocycles. The van der Waals surface area contributed by atoms with Crippen molar-refractivity contribution in [1.82, 2.24) is 4.57 Å². The smallest absolute Gasteiger partial charge is 0.352 e. The van der Waals surface area contributed by atoms with Gasteiger partial charge in [0.25, 0.3) is 0 Å². The molecule has 0 spiro atoms. The second-order valence-electron chi connectivity index (χ2n) is 4.64. The molecule has 0 aliphatic rings. The van der Waals surface area contributed by atoms with Crippen molar-refractivity contribution >= 4 is 28.5 Å². The molecule has 0 atom stereocenters. The van der Waals surface area contributed by atoms with Crippen LogP contribution in [0.4, 0.5) is 0 Å². The Labute approximate surface area is 120 Å². The van der Waals surface area contributed by atoms with Crippen LogP contribution in [0, 0.1) is 0 Å². The fraction of sp³-hybridized carbons (Fsp3) is 0.286. The Morgan fingerprint density at radius 2 is 2.05 bits per heavy atom. The summed E-state index contributed by atoms with van der Waals surface area (Å²) < 4.78 is 6.80. The molecule has 0 radical (unpaired) electrons. The summed E-state index contributed by atoms with van der Waals surface area (Å²) in [5.41, 5.74) is -0.115. The van der Waals surface area contributed by atoms with E-state index in [4.69, 9.17) is 16.3 Å². The van der Waals surface area contributed by atoms with Gasteiger partial charge in [0.15, 0.2) is 5.43 Å². The zero-order chi connectivity index (χ0) is 15.0. The average molecular weight is 296 g/mol. The van der Waals surface area contributed by atoms with Gasteiger partial charge in [-0.3, -0.25) is 4.79 Å². The monoisotopic (exact) mass is 295 g/mol. The van der Waals surface area contributed by atoms with Gasteiger partial charge in [-0.1, -0.05) is 11.6 Å². The molecule has 0 bridgehead atoms. The Balaban J connectivity index is 3.12. The van der Waals surface area contributed by atoms with Crippen molar-refractivity contribution < 1.29 is 14.6 Å². The first-order valence-corrected chi connectivity index (χ1v) is 6.41. The van der Waals surface area contributed by atoms with Crippen molar-refractivity contribution in [3.05, 3.63) is 39.1 Å². The van der Waals surface area contributed by atoms with Crippen LogP contribution in [-0.4, -0.2) is 22.8 Å². The standard InChI is InChI=1S/C14H14ClNO4/c1-7(2)16-9(14(18)19)6-10(17)12-8(15)4-5-11(20-3)13(12)16/h4-7H,1-3H3,(H,18,19). The highest BCUT2D eigenvalue weighted by atomic mass is 35.5. The Kier molecular flexibility index (Phi) is 3.72. The molecule has 5 nitrogen and oxygen atoms in total. The average Bonchev–Trinajstić information content (AvgIpc) is 2.37. The topological polar surface area (TPSA) is 68.5 Å². The normalized spacial score (nSPS) is 11.1. The van der Waals surface area contributed by atoms with Gasteiger partial charge in [0.2, 0.25) is 0 Å². The van der Waals surface area contributed by atoms with Crippen LogP contribution in [0.1, 0.15) is 30.4 Å². The van der Waals surface area contributed by atoms with Crippen LogP contribution in [-0.2, 0) is 0 Å². The molecule has 0 aliphatic carbocycles. The van der Waals surface area contributed by atoms with Crippen LogP contribution in [0.2, 0.25) is 5.02 Å². The first kappa shape index (κ1) is 14.4. The van der Waals surface area contributed by atoms with Crippen LogP contribution in [0.15, 0.2) is 23.0 Å². The summed E-state index contributed by atoms with van der Waals surface area (Å²) in [6, 6.07) is 4.11. The Morgan fingerprint density at radius 3 is 2.55 bits per heavy atom. The molecule has 0 fully saturated rings. The number of ether oxygens (including phenoxy) is 1. The van der Waals surface area contributed by atoms with E-state index >= 15 is 0 Å². The molecular weight excluding hydrogens is 282 g/mol. The van der Waals surface area contributed by atoms with Gasteiger partial charge in [0.1, 0.15) is 11.4 Å². The maximum atomic E-state index is 12.2. The summed E-state index contributed by atoms with van der Waals surface area (Å²) in [6.45, 7) is 3.66. The van der Waals surface area contributed by atoms with E-state index < -0.39 is 11.4 Å². The van der Waals surface area contributed by atoms with E-state index in [9.17, 15) is 14.7 Å². The van der Waals surface area contributed by atoms with Crippen LogP contribution >= 0.6 is 11.6 Å². The van der Waals surface area contributed by atoms with Crippen molar-refractivity contribution in [2.24, 2.45) is 0 Å². The maximum absolute atomic E-state index is 12.2. The third-order valence-electron chi connectivity index (χ3n) is 3.06. The van der Waals surface area contributed by atoms with E-state index in [1.54, 1.807) is 16.7 Å². The summed E-state index contributed by atoms with van der Waals surface area (Å²) >= 11 is 6.08. The lowest BCUT2D eigenvalue weighted by Crippen LogP contribution is -2.20. The maximum Gasteiger partial charge on any atom is 0.352 e. The lowest BCUT2D eigenvalue weighted by Gasteiger charge is -2.20. The number of halogens is 1. The number of aromatic carboxylic acids is 1. The fourth-order valence-electron chi connectivity index (χ4n) is 2.27. The van der Waals surface area contributed by atoms with Crippen molar-refractivity contribution in [2.75, 3.05) is 7.11 Å². The van der Waals surface area contributed by atoms with E-state index in [2.05, 4.69) is 0 Å². The number of fused-ring (bicyclic) bond motifs is 1. The Morgan fingerprint density at radius 1 is 1.40 bits per heavy atom. The fourth-order valence-corrected chi connectivity index (χ4v) is 2.52. The first-order valence-electron chi connectivity index (χ1n) is 6.03. The molecule has 6 heteroatoms. The molecule has 106 valence electrons. The quantitative estimate of drug-likeness (QED) is 0.945. The number of methoxy groups -OCH3 is 1. The minimum absolute atomic E-state index is 0.0851. The van der Waals surface area contributed by atoms with Gasteiger partial charge in [0, 0.05) is 12.1 Å². The number of hydrogen-bond acceptors (Lipinski definition) is 3. The Bertz CT molecular complexity index is 749. The molecule has 0 unspecified atom stereocenters. The van der Waals surface area contributed by atoms with Crippen molar-refractivity contribution in [1.29, 1.82) is 0 Å². The third-order valence-corrected chi connectivity index (χ3v) is 3.38. The highest BCUT2D eigenvalue weighted by Gasteiger charge is 2.20. The first-order chi connectivity index (χ1) is 9.38. The summed E-state index contributed by atoms with van der Waals surface area (Å²) in [7, 11) is 1.46. The number of aromatic nitrogens is 1. The SMILES string of the molecule is COc1ccc(Cl)c2c(=O)cc(C(=O)O)n(C(C)C)c12. The lowest BCUT2D eigenvalue weighted by molar-refractivity contribution is 0.0683. The molecule has 1 aromatic carbocycles. The lowest BCUT2D eigenvalue weighted by atomic mass is 10.1. The number of hydrogen-bond donors (Lipinski definition) is 1. The molecule has 2 rings (SSSR count). The van der Waals surface area contributed by atoms with E-state index in [1.165, 1.54) is 7.11 Å². The van der Waals surface area contributed by atoms with Gasteiger partial charge in [-0.25, -0.2) is 4.79 Å². The minimum Gasteiger partial charge on any atom is -0.495 e. The van der Waals surface area contributed by atoms with E-state index in [1.807, 2.05) is 13.8 Å². The number of rotatable bonds is 3. The number of carboxylic acids is 1. The Hall–Kier alpha value is -2.01. The van der Waals surface area contributed by atoms with E-state index in [-0.39, 0.29) is 22.1 Å². The van der Waals surface area contributed by atoms with Gasteiger partial charge in [-0.2, -0.15) is 0 Å². The van der Waals surface area contributed by atoms with Crippen molar-refractivity contribution in [3.8, 4) is 5.75 Å². The molecule has 0 aliphatic heterocycles. The van der Waals surface area contributed by atoms with Gasteiger partial charge >= 0.3 is 5.97 Å². The molecule has 0 saturated carbocycles. The van der Waals surface area contributed by atoms with E-state index in [0.29, 0.717) is 11.3 Å². The summed E-state index contributed by atoms with van der Waals surface area (Å²) in [6.07, 6.45) is 0. The molecule has 1 aromatic heterocycles. The number of nitrogens with zero attached hydrogens (tertiary/aromatic N) is 1. The number of benzene rings is 1. The molecule has 20 heavy (non-hydrogen) atoms. The highest BCUT2D eigenvalue weighted by molar-refractivity contribution is 6.35. The van der Waals surface area contributed by atoms with Gasteiger partial charge in [-0.05, 0) is 26.0 Å². The summed E-state index contributed by atoms with van der Waals surface area (Å²) in [5.74, 6) is -0.752. The zero-order valence-corrected chi connectivity index (χ0v) is 12.1. The van der Waals surface area contributed by atoms with Gasteiger partial charge in [-0.15, -0.1) is 0 Å². The minimum atomic E-state index is -1.17. The zero-order valence-electron chi connectivity index (χ0n) is 11.3. The summed E-state index contributed by atoms with van der Waals surface area (Å²) in [5, 5.41) is 9.84. The second kappa shape index (κ2) is 5.17. The third kappa shape index (κ3) is 2.14. The molecular formula is C14H14ClNO4. The largest absolute Gasteiger partial charge is 0.495 e. The molecule has 2 aromatic rings. The number of carboxylic acid groups (broad SMARTS) is 1.